The number of ether oxygens (including phenoxy) is 3. The van der Waals surface area contributed by atoms with E-state index in [2.05, 4.69) is 9.51 Å². The van der Waals surface area contributed by atoms with Crippen molar-refractivity contribution in [1.82, 2.24) is 9.55 Å². The summed E-state index contributed by atoms with van der Waals surface area (Å²) < 4.78 is 34.1. The highest BCUT2D eigenvalue weighted by Crippen LogP contribution is 2.45. The van der Waals surface area contributed by atoms with Crippen LogP contribution in [0.4, 0.5) is 5.69 Å². The predicted molar refractivity (Wildman–Crippen MR) is 106 cm³/mol. The van der Waals surface area contributed by atoms with E-state index in [1.165, 1.54) is 0 Å². The Balaban J connectivity index is 1.85. The minimum atomic E-state index is -4.83. The third kappa shape index (κ3) is 4.11. The van der Waals surface area contributed by atoms with Gasteiger partial charge in [0.2, 0.25) is 0 Å². The van der Waals surface area contributed by atoms with Gasteiger partial charge in [-0.05, 0) is 19.9 Å². The summed E-state index contributed by atoms with van der Waals surface area (Å²) in [6.45, 7) is 2.61. The largest absolute Gasteiger partial charge is 0.469 e. The number of nitrogens with one attached hydrogen (secondary N) is 1. The number of hydrogen-bond donors (Lipinski definition) is 3. The topological polar surface area (TPSA) is 192 Å². The molecule has 0 radical (unpaired) electrons. The molecular formula is C16H17ClN3O11P. The van der Waals surface area contributed by atoms with E-state index in [1.807, 2.05) is 0 Å². The summed E-state index contributed by atoms with van der Waals surface area (Å²) in [5, 5.41) is 10.7. The van der Waals surface area contributed by atoms with Gasteiger partial charge in [-0.1, -0.05) is 11.6 Å². The number of nitro groups is 1. The molecule has 4 rings (SSSR count). The van der Waals surface area contributed by atoms with Gasteiger partial charge in [0.1, 0.15) is 23.3 Å². The lowest BCUT2D eigenvalue weighted by Crippen LogP contribution is -2.38. The summed E-state index contributed by atoms with van der Waals surface area (Å²) in [5.74, 6) is -1.13. The highest BCUT2D eigenvalue weighted by Gasteiger charge is 2.56. The summed E-state index contributed by atoms with van der Waals surface area (Å²) in [5.41, 5.74) is -2.39. The molecule has 3 N–H and O–H groups in total. The van der Waals surface area contributed by atoms with E-state index in [9.17, 15) is 24.3 Å². The lowest BCUT2D eigenvalue weighted by atomic mass is 10.1. The van der Waals surface area contributed by atoms with E-state index in [4.69, 9.17) is 35.6 Å². The average molecular weight is 494 g/mol. The van der Waals surface area contributed by atoms with Crippen molar-refractivity contribution in [2.45, 2.75) is 44.2 Å². The molecule has 0 unspecified atom stereocenters. The standard InChI is InChI=1S/C16H17ClN3O11P/c1-16(2)30-11-10(5-28-32(25,26)27)29-14(12(11)31-16)19-8-4-7(17)9(20(23)24)3-6(8)13(21)18-15(19)22/h3-4,10-12,14H,5H2,1-2H3,(H,18,21,22)(H2,25,26,27)/t10-,11-,12-,14-/m1/s1. The number of aromatic nitrogens is 2. The van der Waals surface area contributed by atoms with Gasteiger partial charge in [-0.25, -0.2) is 9.36 Å². The van der Waals surface area contributed by atoms with E-state index >= 15 is 0 Å². The Labute approximate surface area is 183 Å². The number of aromatic amines is 1. The van der Waals surface area contributed by atoms with Crippen LogP contribution in [0.2, 0.25) is 5.02 Å². The second-order valence-electron chi connectivity index (χ2n) is 7.62. The van der Waals surface area contributed by atoms with E-state index in [-0.39, 0.29) is 15.9 Å². The Morgan fingerprint density at radius 1 is 1.31 bits per heavy atom. The molecule has 14 nitrogen and oxygen atoms in total. The molecule has 4 atom stereocenters. The zero-order valence-corrected chi connectivity index (χ0v) is 18.1. The number of H-pyrrole nitrogens is 1. The van der Waals surface area contributed by atoms with Gasteiger partial charge in [0.15, 0.2) is 12.0 Å². The number of halogens is 1. The highest BCUT2D eigenvalue weighted by molar-refractivity contribution is 7.46. The van der Waals surface area contributed by atoms with Crippen molar-refractivity contribution in [3.05, 3.63) is 48.1 Å². The van der Waals surface area contributed by atoms with Gasteiger partial charge in [0.05, 0.1) is 22.4 Å². The van der Waals surface area contributed by atoms with Crippen molar-refractivity contribution in [3.63, 3.8) is 0 Å². The molecule has 2 aliphatic heterocycles. The zero-order chi connectivity index (χ0) is 23.6. The Morgan fingerprint density at radius 2 is 1.97 bits per heavy atom. The van der Waals surface area contributed by atoms with Gasteiger partial charge in [-0.15, -0.1) is 0 Å². The normalized spacial score (nSPS) is 27.0. The van der Waals surface area contributed by atoms with Gasteiger partial charge in [-0.2, -0.15) is 0 Å². The van der Waals surface area contributed by atoms with Crippen molar-refractivity contribution in [3.8, 4) is 0 Å². The number of fused-ring (bicyclic) bond motifs is 2. The first kappa shape index (κ1) is 23.0. The van der Waals surface area contributed by atoms with Crippen molar-refractivity contribution < 1.29 is 38.0 Å². The fourth-order valence-corrected chi connectivity index (χ4v) is 4.40. The van der Waals surface area contributed by atoms with Crippen LogP contribution in [0, 0.1) is 10.1 Å². The number of nitrogens with zero attached hydrogens (tertiary/aromatic N) is 2. The maximum Gasteiger partial charge on any atom is 0.469 e. The van der Waals surface area contributed by atoms with Crippen LogP contribution in [0.5, 0.6) is 0 Å². The third-order valence-electron chi connectivity index (χ3n) is 4.99. The zero-order valence-electron chi connectivity index (χ0n) is 16.5. The Morgan fingerprint density at radius 3 is 2.59 bits per heavy atom. The van der Waals surface area contributed by atoms with Crippen LogP contribution < -0.4 is 11.2 Å². The molecule has 0 spiro atoms. The number of phosphoric acid groups is 1. The first-order chi connectivity index (χ1) is 14.8. The summed E-state index contributed by atoms with van der Waals surface area (Å²) in [6.07, 6.45) is -4.13. The molecule has 16 heteroatoms. The van der Waals surface area contributed by atoms with Gasteiger partial charge in [0, 0.05) is 6.07 Å². The third-order valence-corrected chi connectivity index (χ3v) is 5.78. The van der Waals surface area contributed by atoms with Crippen LogP contribution in [0.3, 0.4) is 0 Å². The highest BCUT2D eigenvalue weighted by atomic mass is 35.5. The molecule has 3 heterocycles. The van der Waals surface area contributed by atoms with E-state index in [0.717, 1.165) is 16.7 Å². The molecule has 2 aliphatic rings. The maximum atomic E-state index is 12.7. The molecule has 2 aromatic rings. The van der Waals surface area contributed by atoms with Crippen molar-refractivity contribution in [2.75, 3.05) is 6.61 Å². The fraction of sp³-hybridized carbons (Fsp3) is 0.500. The molecule has 1 aromatic heterocycles. The van der Waals surface area contributed by atoms with Crippen LogP contribution in [0.25, 0.3) is 10.9 Å². The van der Waals surface area contributed by atoms with Crippen molar-refractivity contribution in [1.29, 1.82) is 0 Å². The van der Waals surface area contributed by atoms with Gasteiger partial charge in [0.25, 0.3) is 11.2 Å². The quantitative estimate of drug-likeness (QED) is 0.302. The Bertz CT molecular complexity index is 1270. The van der Waals surface area contributed by atoms with Crippen LogP contribution in [-0.4, -0.2) is 55.0 Å². The van der Waals surface area contributed by atoms with Crippen molar-refractivity contribution >= 4 is 36.0 Å². The van der Waals surface area contributed by atoms with E-state index in [1.54, 1.807) is 13.8 Å². The maximum absolute atomic E-state index is 12.7. The molecule has 1 aromatic carbocycles. The van der Waals surface area contributed by atoms with Gasteiger partial charge >= 0.3 is 13.5 Å². The molecular weight excluding hydrogens is 477 g/mol. The van der Waals surface area contributed by atoms with Crippen LogP contribution in [-0.2, 0) is 23.3 Å². The number of rotatable bonds is 5. The summed E-state index contributed by atoms with van der Waals surface area (Å²) >= 11 is 5.99. The Hall–Kier alpha value is -2.16. The van der Waals surface area contributed by atoms with E-state index < -0.39 is 66.6 Å². The number of benzene rings is 1. The summed E-state index contributed by atoms with van der Waals surface area (Å²) in [7, 11) is -4.83. The van der Waals surface area contributed by atoms with E-state index in [0.29, 0.717) is 0 Å². The SMILES string of the molecule is CC1(C)O[C@@H]2[C@H](O1)[C@@H](COP(=O)(O)O)O[C@H]2n1c(=O)[nH]c(=O)c2cc([N+](=O)[O-])c(Cl)cc21. The Kier molecular flexibility index (Phi) is 5.55. The second kappa shape index (κ2) is 7.71. The second-order valence-corrected chi connectivity index (χ2v) is 9.27. The number of hydrogen-bond acceptors (Lipinski definition) is 9. The molecule has 2 fully saturated rings. The minimum Gasteiger partial charge on any atom is -0.346 e. The van der Waals surface area contributed by atoms with Crippen molar-refractivity contribution in [2.24, 2.45) is 0 Å². The molecule has 32 heavy (non-hydrogen) atoms. The van der Waals surface area contributed by atoms with Crippen LogP contribution in [0.15, 0.2) is 21.7 Å². The summed E-state index contributed by atoms with van der Waals surface area (Å²) in [6, 6.07) is 2.02. The number of nitro benzene ring substituents is 1. The van der Waals surface area contributed by atoms with Crippen LogP contribution in [0.1, 0.15) is 20.1 Å². The first-order valence-corrected chi connectivity index (χ1v) is 11.0. The average Bonchev–Trinajstić information content (AvgIpc) is 3.12. The molecule has 0 saturated carbocycles. The molecule has 174 valence electrons. The first-order valence-electron chi connectivity index (χ1n) is 9.11. The minimum absolute atomic E-state index is 0.0667. The van der Waals surface area contributed by atoms with Gasteiger partial charge < -0.3 is 24.0 Å². The molecule has 0 bridgehead atoms. The molecule has 0 amide bonds. The number of phosphoric ester groups is 1. The monoisotopic (exact) mass is 493 g/mol. The summed E-state index contributed by atoms with van der Waals surface area (Å²) in [4.78, 5) is 55.6. The smallest absolute Gasteiger partial charge is 0.346 e. The fourth-order valence-electron chi connectivity index (χ4n) is 3.83. The van der Waals surface area contributed by atoms with Crippen LogP contribution >= 0.6 is 19.4 Å². The lowest BCUT2D eigenvalue weighted by molar-refractivity contribution is -0.384. The van der Waals surface area contributed by atoms with Gasteiger partial charge in [-0.3, -0.25) is 29.0 Å². The lowest BCUT2D eigenvalue weighted by Gasteiger charge is -2.25. The molecule has 0 aliphatic carbocycles. The predicted octanol–water partition coefficient (Wildman–Crippen LogP) is 0.778. The molecule has 2 saturated heterocycles.